The van der Waals surface area contributed by atoms with Gasteiger partial charge in [0.1, 0.15) is 19.2 Å². The van der Waals surface area contributed by atoms with Gasteiger partial charge in [-0.1, -0.05) is 23.7 Å². The van der Waals surface area contributed by atoms with E-state index in [9.17, 15) is 0 Å². The zero-order chi connectivity index (χ0) is 14.2. The highest BCUT2D eigenvalue weighted by molar-refractivity contribution is 6.30. The van der Waals surface area contributed by atoms with E-state index in [-0.39, 0.29) is 12.2 Å². The largest absolute Gasteiger partial charge is 0.339 e. The van der Waals surface area contributed by atoms with Crippen LogP contribution >= 0.6 is 11.6 Å². The average molecular weight is 294 g/mol. The van der Waals surface area contributed by atoms with Crippen molar-refractivity contribution in [2.24, 2.45) is 0 Å². The Labute approximate surface area is 122 Å². The minimum atomic E-state index is -0.850. The first-order valence-electron chi connectivity index (χ1n) is 6.53. The van der Waals surface area contributed by atoms with E-state index in [1.165, 1.54) is 6.33 Å². The molecule has 0 saturated carbocycles. The second-order valence-corrected chi connectivity index (χ2v) is 5.44. The van der Waals surface area contributed by atoms with Crippen molar-refractivity contribution in [3.8, 4) is 0 Å². The molecule has 1 aromatic heterocycles. The highest BCUT2D eigenvalue weighted by Gasteiger charge is 2.46. The summed E-state index contributed by atoms with van der Waals surface area (Å²) in [5, 5.41) is 4.82. The topological polar surface area (TPSA) is 49.2 Å². The summed E-state index contributed by atoms with van der Waals surface area (Å²) in [6, 6.07) is 7.51. The number of aromatic nitrogens is 3. The van der Waals surface area contributed by atoms with E-state index in [4.69, 9.17) is 21.1 Å². The summed E-state index contributed by atoms with van der Waals surface area (Å²) in [6.45, 7) is 4.46. The van der Waals surface area contributed by atoms with Crippen molar-refractivity contribution in [1.82, 2.24) is 14.8 Å². The molecule has 0 aliphatic carbocycles. The van der Waals surface area contributed by atoms with Gasteiger partial charge in [0.15, 0.2) is 0 Å². The lowest BCUT2D eigenvalue weighted by Crippen LogP contribution is -2.34. The van der Waals surface area contributed by atoms with Crippen molar-refractivity contribution in [1.29, 1.82) is 0 Å². The minimum absolute atomic E-state index is 0.00852. The van der Waals surface area contributed by atoms with Crippen LogP contribution in [0.25, 0.3) is 0 Å². The molecule has 106 valence electrons. The number of ether oxygens (including phenoxy) is 2. The molecule has 0 radical (unpaired) electrons. The Morgan fingerprint density at radius 1 is 1.20 bits per heavy atom. The van der Waals surface area contributed by atoms with Crippen molar-refractivity contribution in [3.63, 3.8) is 0 Å². The predicted molar refractivity (Wildman–Crippen MR) is 74.2 cm³/mol. The summed E-state index contributed by atoms with van der Waals surface area (Å²) >= 11 is 5.95. The molecular formula is C14H16ClN3O2. The summed E-state index contributed by atoms with van der Waals surface area (Å²) in [7, 11) is 0. The van der Waals surface area contributed by atoms with Gasteiger partial charge in [-0.15, -0.1) is 0 Å². The molecular weight excluding hydrogens is 278 g/mol. The van der Waals surface area contributed by atoms with E-state index in [1.807, 2.05) is 38.1 Å². The molecule has 2 atom stereocenters. The van der Waals surface area contributed by atoms with Crippen molar-refractivity contribution >= 4 is 11.6 Å². The fourth-order valence-electron chi connectivity index (χ4n) is 2.35. The van der Waals surface area contributed by atoms with Gasteiger partial charge in [-0.3, -0.25) is 0 Å². The molecule has 3 rings (SSSR count). The number of hydrogen-bond donors (Lipinski definition) is 0. The maximum atomic E-state index is 6.11. The third kappa shape index (κ3) is 2.44. The van der Waals surface area contributed by atoms with Gasteiger partial charge in [-0.05, 0) is 26.0 Å². The van der Waals surface area contributed by atoms with Gasteiger partial charge >= 0.3 is 0 Å². The summed E-state index contributed by atoms with van der Waals surface area (Å²) in [5.74, 6) is -0.850. The molecule has 2 aromatic rings. The SMILES string of the molecule is CC1OC(Cn2cncn2)(c2ccc(Cl)cc2)OC1C. The summed E-state index contributed by atoms with van der Waals surface area (Å²) in [5.41, 5.74) is 0.925. The highest BCUT2D eigenvalue weighted by atomic mass is 35.5. The maximum Gasteiger partial charge on any atom is 0.215 e. The van der Waals surface area contributed by atoms with Gasteiger partial charge in [0.25, 0.3) is 0 Å². The Balaban J connectivity index is 1.97. The van der Waals surface area contributed by atoms with Crippen LogP contribution in [-0.4, -0.2) is 27.0 Å². The van der Waals surface area contributed by atoms with Gasteiger partial charge in [-0.25, -0.2) is 9.67 Å². The number of nitrogens with zero attached hydrogens (tertiary/aromatic N) is 3. The molecule has 20 heavy (non-hydrogen) atoms. The fraction of sp³-hybridized carbons (Fsp3) is 0.429. The van der Waals surface area contributed by atoms with E-state index < -0.39 is 5.79 Å². The van der Waals surface area contributed by atoms with E-state index in [1.54, 1.807) is 11.0 Å². The lowest BCUT2D eigenvalue weighted by atomic mass is 10.1. The average Bonchev–Trinajstić information content (AvgIpc) is 3.00. The molecule has 1 aromatic carbocycles. The van der Waals surface area contributed by atoms with Crippen LogP contribution in [0.3, 0.4) is 0 Å². The first kappa shape index (κ1) is 13.5. The Hall–Kier alpha value is -1.43. The lowest BCUT2D eigenvalue weighted by Gasteiger charge is -2.28. The second-order valence-electron chi connectivity index (χ2n) is 5.00. The Bertz CT molecular complexity index is 561. The predicted octanol–water partition coefficient (Wildman–Crippen LogP) is 2.61. The van der Waals surface area contributed by atoms with Crippen molar-refractivity contribution in [2.75, 3.05) is 0 Å². The van der Waals surface area contributed by atoms with Crippen LogP contribution in [0.4, 0.5) is 0 Å². The quantitative estimate of drug-likeness (QED) is 0.873. The smallest absolute Gasteiger partial charge is 0.215 e. The van der Waals surface area contributed by atoms with Crippen LogP contribution in [-0.2, 0) is 21.8 Å². The van der Waals surface area contributed by atoms with Crippen LogP contribution in [0, 0.1) is 0 Å². The molecule has 0 spiro atoms. The fourth-order valence-corrected chi connectivity index (χ4v) is 2.48. The molecule has 0 amide bonds. The van der Waals surface area contributed by atoms with Crippen LogP contribution < -0.4 is 0 Å². The van der Waals surface area contributed by atoms with Gasteiger partial charge < -0.3 is 9.47 Å². The zero-order valence-electron chi connectivity index (χ0n) is 11.4. The Morgan fingerprint density at radius 3 is 2.40 bits per heavy atom. The van der Waals surface area contributed by atoms with Crippen molar-refractivity contribution in [2.45, 2.75) is 38.4 Å². The Morgan fingerprint density at radius 2 is 1.85 bits per heavy atom. The highest BCUT2D eigenvalue weighted by Crippen LogP contribution is 2.39. The zero-order valence-corrected chi connectivity index (χ0v) is 12.1. The maximum absolute atomic E-state index is 6.11. The molecule has 5 nitrogen and oxygen atoms in total. The van der Waals surface area contributed by atoms with E-state index in [0.717, 1.165) is 5.56 Å². The van der Waals surface area contributed by atoms with E-state index >= 15 is 0 Å². The third-order valence-corrected chi connectivity index (χ3v) is 3.79. The van der Waals surface area contributed by atoms with Crippen LogP contribution in [0.2, 0.25) is 5.02 Å². The van der Waals surface area contributed by atoms with Crippen molar-refractivity contribution < 1.29 is 9.47 Å². The summed E-state index contributed by atoms with van der Waals surface area (Å²) < 4.78 is 13.9. The monoisotopic (exact) mass is 293 g/mol. The van der Waals surface area contributed by atoms with Gasteiger partial charge in [-0.2, -0.15) is 5.10 Å². The summed E-state index contributed by atoms with van der Waals surface area (Å²) in [6.07, 6.45) is 3.17. The normalized spacial score (nSPS) is 29.8. The number of hydrogen-bond acceptors (Lipinski definition) is 4. The standard InChI is InChI=1S/C14H16ClN3O2/c1-10-11(2)20-14(19-10,7-18-9-16-8-17-18)12-3-5-13(15)6-4-12/h3-6,8-11H,7H2,1-2H3. The molecule has 0 N–H and O–H groups in total. The van der Waals surface area contributed by atoms with Crippen LogP contribution in [0.15, 0.2) is 36.9 Å². The first-order valence-corrected chi connectivity index (χ1v) is 6.91. The molecule has 1 aliphatic heterocycles. The summed E-state index contributed by atoms with van der Waals surface area (Å²) in [4.78, 5) is 3.96. The molecule has 2 unspecified atom stereocenters. The second kappa shape index (κ2) is 5.16. The van der Waals surface area contributed by atoms with Gasteiger partial charge in [0.2, 0.25) is 5.79 Å². The first-order chi connectivity index (χ1) is 9.59. The van der Waals surface area contributed by atoms with Gasteiger partial charge in [0.05, 0.1) is 12.2 Å². The number of rotatable bonds is 3. The van der Waals surface area contributed by atoms with Crippen LogP contribution in [0.5, 0.6) is 0 Å². The molecule has 1 saturated heterocycles. The lowest BCUT2D eigenvalue weighted by molar-refractivity contribution is -0.193. The number of benzene rings is 1. The van der Waals surface area contributed by atoms with Crippen molar-refractivity contribution in [3.05, 3.63) is 47.5 Å². The molecule has 0 bridgehead atoms. The van der Waals surface area contributed by atoms with E-state index in [0.29, 0.717) is 11.6 Å². The molecule has 2 heterocycles. The third-order valence-electron chi connectivity index (χ3n) is 3.53. The number of halogens is 1. The Kier molecular flexibility index (Phi) is 3.50. The minimum Gasteiger partial charge on any atom is -0.339 e. The molecule has 1 aliphatic rings. The molecule has 6 heteroatoms. The van der Waals surface area contributed by atoms with E-state index in [2.05, 4.69) is 10.1 Å². The van der Waals surface area contributed by atoms with Crippen LogP contribution in [0.1, 0.15) is 19.4 Å². The van der Waals surface area contributed by atoms with Gasteiger partial charge in [0, 0.05) is 10.6 Å². The molecule has 1 fully saturated rings.